The maximum absolute atomic E-state index is 12.2. The van der Waals surface area contributed by atoms with Crippen LogP contribution >= 0.6 is 11.6 Å². The minimum Gasteiger partial charge on any atom is -0.398 e. The Kier molecular flexibility index (Phi) is 4.39. The highest BCUT2D eigenvalue weighted by molar-refractivity contribution is 7.85. The first-order valence-electron chi connectivity index (χ1n) is 5.67. The molecule has 0 saturated heterocycles. The van der Waals surface area contributed by atoms with Crippen molar-refractivity contribution in [2.75, 3.05) is 11.5 Å². The fraction of sp³-hybridized carbons (Fsp3) is 0.154. The number of hydrogen-bond acceptors (Lipinski definition) is 3. The fourth-order valence-corrected chi connectivity index (χ4v) is 3.05. The largest absolute Gasteiger partial charge is 0.398 e. The topological polar surface area (TPSA) is 65.1 Å². The first-order valence-corrected chi connectivity index (χ1v) is 7.36. The van der Waals surface area contributed by atoms with Crippen LogP contribution in [0.1, 0.15) is 0 Å². The molecule has 0 amide bonds. The van der Waals surface area contributed by atoms with Gasteiger partial charge in [-0.25, -0.2) is 0 Å². The van der Waals surface area contributed by atoms with Crippen LogP contribution in [0.15, 0.2) is 52.3 Å². The zero-order valence-corrected chi connectivity index (χ0v) is 11.7. The number of nitrogen functional groups attached to an aromatic ring is 1. The number of nitrogens with zero attached hydrogens (tertiary/aromatic N) is 1. The van der Waals surface area contributed by atoms with E-state index in [1.807, 2.05) is 0 Å². The van der Waals surface area contributed by atoms with Gasteiger partial charge in [-0.1, -0.05) is 17.7 Å². The molecular weight excluding hydrogens is 284 g/mol. The van der Waals surface area contributed by atoms with E-state index >= 15 is 0 Å². The van der Waals surface area contributed by atoms with E-state index in [-0.39, 0.29) is 5.56 Å². The molecule has 0 bridgehead atoms. The number of pyridine rings is 1. The second kappa shape index (κ2) is 6.04. The van der Waals surface area contributed by atoms with Crippen molar-refractivity contribution in [3.05, 3.63) is 58.0 Å². The van der Waals surface area contributed by atoms with Crippen LogP contribution in [0.25, 0.3) is 0 Å². The van der Waals surface area contributed by atoms with Crippen LogP contribution in [-0.2, 0) is 17.3 Å². The van der Waals surface area contributed by atoms with Gasteiger partial charge in [0.1, 0.15) is 0 Å². The van der Waals surface area contributed by atoms with E-state index in [0.29, 0.717) is 27.9 Å². The van der Waals surface area contributed by atoms with Crippen molar-refractivity contribution in [3.8, 4) is 0 Å². The van der Waals surface area contributed by atoms with E-state index < -0.39 is 10.8 Å². The molecule has 1 atom stereocenters. The summed E-state index contributed by atoms with van der Waals surface area (Å²) in [6.07, 6.45) is 1.67. The van der Waals surface area contributed by atoms with Gasteiger partial charge in [-0.2, -0.15) is 0 Å². The van der Waals surface area contributed by atoms with Crippen LogP contribution in [0.5, 0.6) is 0 Å². The maximum atomic E-state index is 12.2. The van der Waals surface area contributed by atoms with E-state index in [1.165, 1.54) is 10.6 Å². The zero-order chi connectivity index (χ0) is 13.8. The Balaban J connectivity index is 2.12. The van der Waals surface area contributed by atoms with Crippen LogP contribution in [-0.4, -0.2) is 14.5 Å². The highest BCUT2D eigenvalue weighted by Gasteiger charge is 2.09. The molecule has 0 saturated carbocycles. The molecule has 1 unspecified atom stereocenters. The molecule has 0 aliphatic carbocycles. The first kappa shape index (κ1) is 13.8. The van der Waals surface area contributed by atoms with Gasteiger partial charge in [0.05, 0.1) is 15.7 Å². The molecule has 1 aromatic carbocycles. The molecule has 0 spiro atoms. The normalized spacial score (nSPS) is 12.3. The van der Waals surface area contributed by atoms with Crippen molar-refractivity contribution in [1.29, 1.82) is 0 Å². The minimum absolute atomic E-state index is 0.112. The third kappa shape index (κ3) is 3.45. The van der Waals surface area contributed by atoms with Gasteiger partial charge in [-0.05, 0) is 24.3 Å². The van der Waals surface area contributed by atoms with Crippen molar-refractivity contribution < 1.29 is 4.21 Å². The molecule has 2 rings (SSSR count). The average Bonchev–Trinajstić information content (AvgIpc) is 2.40. The van der Waals surface area contributed by atoms with Crippen molar-refractivity contribution in [1.82, 2.24) is 4.57 Å². The summed E-state index contributed by atoms with van der Waals surface area (Å²) < 4.78 is 13.7. The Labute approximate surface area is 118 Å². The third-order valence-electron chi connectivity index (χ3n) is 2.64. The summed E-state index contributed by atoms with van der Waals surface area (Å²) in [6.45, 7) is 0.373. The van der Waals surface area contributed by atoms with Crippen LogP contribution in [0.3, 0.4) is 0 Å². The molecule has 0 radical (unpaired) electrons. The summed E-state index contributed by atoms with van der Waals surface area (Å²) in [5.41, 5.74) is 6.10. The standard InChI is InChI=1S/C13H13ClN2O2S/c14-10-4-5-11(15)12(9-10)19(18)8-7-16-6-2-1-3-13(16)17/h1-6,9H,7-8,15H2. The van der Waals surface area contributed by atoms with Crippen LogP contribution in [0, 0.1) is 0 Å². The van der Waals surface area contributed by atoms with Crippen LogP contribution < -0.4 is 11.3 Å². The number of halogens is 1. The lowest BCUT2D eigenvalue weighted by Crippen LogP contribution is -2.21. The Morgan fingerprint density at radius 2 is 2.05 bits per heavy atom. The third-order valence-corrected chi connectivity index (χ3v) is 4.27. The molecule has 2 N–H and O–H groups in total. The average molecular weight is 297 g/mol. The highest BCUT2D eigenvalue weighted by Crippen LogP contribution is 2.21. The van der Waals surface area contributed by atoms with E-state index in [1.54, 1.807) is 36.5 Å². The summed E-state index contributed by atoms with van der Waals surface area (Å²) in [6, 6.07) is 9.78. The molecular formula is C13H13ClN2O2S. The van der Waals surface area contributed by atoms with E-state index in [2.05, 4.69) is 0 Å². The van der Waals surface area contributed by atoms with Crippen LogP contribution in [0.2, 0.25) is 5.02 Å². The second-order valence-electron chi connectivity index (χ2n) is 3.96. The van der Waals surface area contributed by atoms with Gasteiger partial charge in [0.25, 0.3) is 5.56 Å². The number of rotatable bonds is 4. The summed E-state index contributed by atoms with van der Waals surface area (Å²) in [5, 5.41) is 0.495. The lowest BCUT2D eigenvalue weighted by molar-refractivity contribution is 0.669. The Morgan fingerprint density at radius 1 is 1.26 bits per heavy atom. The molecule has 1 heterocycles. The second-order valence-corrected chi connectivity index (χ2v) is 5.94. The lowest BCUT2D eigenvalue weighted by Gasteiger charge is -2.07. The Morgan fingerprint density at radius 3 is 2.79 bits per heavy atom. The maximum Gasteiger partial charge on any atom is 0.250 e. The Hall–Kier alpha value is -1.59. The molecule has 4 nitrogen and oxygen atoms in total. The number of benzene rings is 1. The summed E-state index contributed by atoms with van der Waals surface area (Å²) in [5.74, 6) is 0.314. The summed E-state index contributed by atoms with van der Waals surface area (Å²) >= 11 is 5.86. The predicted octanol–water partition coefficient (Wildman–Crippen LogP) is 1.89. The van der Waals surface area contributed by atoms with Crippen LogP contribution in [0.4, 0.5) is 5.69 Å². The number of hydrogen-bond donors (Lipinski definition) is 1. The number of nitrogens with two attached hydrogens (primary N) is 1. The van der Waals surface area contributed by atoms with Crippen molar-refractivity contribution in [3.63, 3.8) is 0 Å². The van der Waals surface area contributed by atoms with Crippen molar-refractivity contribution in [2.45, 2.75) is 11.4 Å². The molecule has 2 aromatic rings. The van der Waals surface area contributed by atoms with Gasteiger partial charge in [-0.15, -0.1) is 0 Å². The SMILES string of the molecule is Nc1ccc(Cl)cc1S(=O)CCn1ccccc1=O. The number of aromatic nitrogens is 1. The quantitative estimate of drug-likeness (QED) is 0.876. The highest BCUT2D eigenvalue weighted by atomic mass is 35.5. The van der Waals surface area contributed by atoms with Gasteiger partial charge in [0.15, 0.2) is 0 Å². The smallest absolute Gasteiger partial charge is 0.250 e. The van der Waals surface area contributed by atoms with Gasteiger partial charge in [0.2, 0.25) is 0 Å². The number of aryl methyl sites for hydroxylation is 1. The van der Waals surface area contributed by atoms with Crippen molar-refractivity contribution >= 4 is 28.1 Å². The molecule has 0 aliphatic rings. The molecule has 0 aliphatic heterocycles. The zero-order valence-electron chi connectivity index (χ0n) is 10.1. The van der Waals surface area contributed by atoms with Gasteiger partial charge in [-0.3, -0.25) is 9.00 Å². The number of anilines is 1. The van der Waals surface area contributed by atoms with E-state index in [0.717, 1.165) is 0 Å². The fourth-order valence-electron chi connectivity index (χ4n) is 1.64. The van der Waals surface area contributed by atoms with Gasteiger partial charge < -0.3 is 10.3 Å². The molecule has 0 fully saturated rings. The summed E-state index contributed by atoms with van der Waals surface area (Å²) in [7, 11) is -1.28. The van der Waals surface area contributed by atoms with E-state index in [4.69, 9.17) is 17.3 Å². The van der Waals surface area contributed by atoms with Gasteiger partial charge >= 0.3 is 0 Å². The Bertz CT molecular complexity index is 670. The van der Waals surface area contributed by atoms with E-state index in [9.17, 15) is 9.00 Å². The predicted molar refractivity (Wildman–Crippen MR) is 77.8 cm³/mol. The molecule has 1 aromatic heterocycles. The monoisotopic (exact) mass is 296 g/mol. The molecule has 100 valence electrons. The summed E-state index contributed by atoms with van der Waals surface area (Å²) in [4.78, 5) is 12.0. The lowest BCUT2D eigenvalue weighted by atomic mass is 10.3. The molecule has 19 heavy (non-hydrogen) atoms. The first-order chi connectivity index (χ1) is 9.08. The van der Waals surface area contributed by atoms with Crippen molar-refractivity contribution in [2.24, 2.45) is 0 Å². The minimum atomic E-state index is -1.28. The molecule has 6 heteroatoms. The van der Waals surface area contributed by atoms with Gasteiger partial charge in [0, 0.05) is 35.3 Å².